The molecule has 300 valence electrons. The maximum Gasteiger partial charge on any atom is 0.344 e. The van der Waals surface area contributed by atoms with Gasteiger partial charge in [0.2, 0.25) is 63.9 Å². The Balaban J connectivity index is 0.000000315. The van der Waals surface area contributed by atoms with Gasteiger partial charge in [-0.3, -0.25) is 0 Å². The molecule has 0 aliphatic carbocycles. The molecule has 0 saturated carbocycles. The highest BCUT2D eigenvalue weighted by atomic mass is 79.9. The number of benzene rings is 4. The Morgan fingerprint density at radius 1 is 0.545 bits per heavy atom. The van der Waals surface area contributed by atoms with Crippen molar-refractivity contribution in [2.24, 2.45) is 0 Å². The van der Waals surface area contributed by atoms with E-state index in [1.165, 1.54) is 26.2 Å². The average molecular weight is 928 g/mol. The summed E-state index contributed by atoms with van der Waals surface area (Å²) in [5.74, 6) is -27.4. The third kappa shape index (κ3) is 11.2. The Morgan fingerprint density at radius 3 is 1.27 bits per heavy atom. The van der Waals surface area contributed by atoms with E-state index >= 15 is 0 Å². The Hall–Kier alpha value is -4.60. The van der Waals surface area contributed by atoms with Crippen LogP contribution in [0.1, 0.15) is 31.8 Å². The van der Waals surface area contributed by atoms with Gasteiger partial charge in [-0.05, 0) is 70.0 Å². The molecule has 55 heavy (non-hydrogen) atoms. The fourth-order valence-electron chi connectivity index (χ4n) is 3.99. The minimum Gasteiger partial charge on any atom is -0.503 e. The van der Waals surface area contributed by atoms with E-state index in [2.05, 4.69) is 36.6 Å². The second-order valence-electron chi connectivity index (χ2n) is 10.3. The van der Waals surface area contributed by atoms with Crippen LogP contribution in [0.5, 0.6) is 23.0 Å². The summed E-state index contributed by atoms with van der Waals surface area (Å²) < 4.78 is 154. The van der Waals surface area contributed by atoms with Crippen LogP contribution in [0.2, 0.25) is 0 Å². The molecule has 0 fully saturated rings. The lowest BCUT2D eigenvalue weighted by Gasteiger charge is -2.14. The van der Waals surface area contributed by atoms with E-state index in [1.807, 2.05) is 0 Å². The number of aromatic hydroxyl groups is 1. The molecule has 0 heterocycles. The van der Waals surface area contributed by atoms with E-state index in [1.54, 1.807) is 26.2 Å². The number of carbonyl (C=O) groups is 2. The number of rotatable bonds is 11. The molecule has 0 unspecified atom stereocenters. The van der Waals surface area contributed by atoms with Gasteiger partial charge in [0.15, 0.2) is 5.75 Å². The average Bonchev–Trinajstić information content (AvgIpc) is 3.15. The molecule has 0 aliphatic heterocycles. The van der Waals surface area contributed by atoms with Gasteiger partial charge in [-0.1, -0.05) is 0 Å². The van der Waals surface area contributed by atoms with Crippen molar-refractivity contribution in [2.75, 3.05) is 40.6 Å². The molecule has 0 saturated heterocycles. The zero-order valence-electron chi connectivity index (χ0n) is 28.4. The van der Waals surface area contributed by atoms with Crippen LogP contribution in [0.15, 0.2) is 33.2 Å². The number of methoxy groups -OCH3 is 2. The number of phenols is 1. The van der Waals surface area contributed by atoms with Gasteiger partial charge in [0.25, 0.3) is 0 Å². The molecule has 0 atom stereocenters. The van der Waals surface area contributed by atoms with Crippen molar-refractivity contribution < 1.29 is 87.4 Å². The molecular formula is C34H26Br2F10O9. The van der Waals surface area contributed by atoms with Gasteiger partial charge < -0.3 is 33.9 Å². The minimum absolute atomic E-state index is 0.145. The van der Waals surface area contributed by atoms with Gasteiger partial charge in [-0.2, -0.15) is 17.6 Å². The van der Waals surface area contributed by atoms with Crippen LogP contribution in [0.4, 0.5) is 43.9 Å². The molecule has 0 radical (unpaired) electrons. The number of hydrogen-bond acceptors (Lipinski definition) is 8. The van der Waals surface area contributed by atoms with Gasteiger partial charge >= 0.3 is 11.9 Å². The third-order valence-electron chi connectivity index (χ3n) is 6.78. The van der Waals surface area contributed by atoms with E-state index < -0.39 is 81.6 Å². The predicted molar refractivity (Wildman–Crippen MR) is 179 cm³/mol. The van der Waals surface area contributed by atoms with E-state index in [-0.39, 0.29) is 35.7 Å². The summed E-state index contributed by atoms with van der Waals surface area (Å²) >= 11 is 6.54. The summed E-state index contributed by atoms with van der Waals surface area (Å²) in [6.45, 7) is 4.43. The summed E-state index contributed by atoms with van der Waals surface area (Å²) in [7, 11) is 3.04. The van der Waals surface area contributed by atoms with E-state index in [0.29, 0.717) is 29.0 Å². The zero-order chi connectivity index (χ0) is 41.9. The fourth-order valence-corrected chi connectivity index (χ4v) is 5.08. The normalized spacial score (nSPS) is 10.5. The maximum atomic E-state index is 13.7. The number of esters is 1. The lowest BCUT2D eigenvalue weighted by molar-refractivity contribution is 0.0691. The Kier molecular flexibility index (Phi) is 17.7. The second-order valence-corrected chi connectivity index (χ2v) is 12.0. The molecule has 2 N–H and O–H groups in total. The first-order chi connectivity index (χ1) is 25.7. The number of aromatic carboxylic acids is 1. The number of phenolic OH excluding ortho intramolecular Hbond substituents is 1. The lowest BCUT2D eigenvalue weighted by Crippen LogP contribution is -2.15. The molecule has 0 bridgehead atoms. The van der Waals surface area contributed by atoms with E-state index in [9.17, 15) is 53.5 Å². The van der Waals surface area contributed by atoms with Crippen molar-refractivity contribution in [3.05, 3.63) is 114 Å². The van der Waals surface area contributed by atoms with Crippen LogP contribution in [0, 0.1) is 72.0 Å². The van der Waals surface area contributed by atoms with Crippen molar-refractivity contribution in [3.8, 4) is 23.0 Å². The lowest BCUT2D eigenvalue weighted by atomic mass is 10.1. The molecule has 0 aromatic heterocycles. The first kappa shape index (κ1) is 46.6. The van der Waals surface area contributed by atoms with Gasteiger partial charge in [-0.15, -0.1) is 0 Å². The number of hydrogen-bond donors (Lipinski definition) is 2. The molecule has 21 heteroatoms. The second kappa shape index (κ2) is 20.9. The summed E-state index contributed by atoms with van der Waals surface area (Å²) in [6.07, 6.45) is 0. The summed E-state index contributed by atoms with van der Waals surface area (Å²) in [5.41, 5.74) is 0.900. The topological polar surface area (TPSA) is 121 Å². The molecule has 4 aromatic carbocycles. The molecule has 0 spiro atoms. The van der Waals surface area contributed by atoms with Crippen LogP contribution >= 0.6 is 31.9 Å². The number of carboxylic acid groups (broad SMARTS) is 1. The Labute approximate surface area is 321 Å². The highest BCUT2D eigenvalue weighted by Gasteiger charge is 2.30. The molecule has 4 rings (SSSR count). The van der Waals surface area contributed by atoms with Gasteiger partial charge in [0.1, 0.15) is 24.7 Å². The molecular weight excluding hydrogens is 902 g/mol. The quantitative estimate of drug-likeness (QED) is 0.0379. The van der Waals surface area contributed by atoms with Crippen LogP contribution in [-0.4, -0.2) is 62.8 Å². The zero-order valence-corrected chi connectivity index (χ0v) is 31.6. The highest BCUT2D eigenvalue weighted by molar-refractivity contribution is 9.11. The molecule has 0 aliphatic rings. The molecule has 9 nitrogen and oxygen atoms in total. The summed E-state index contributed by atoms with van der Waals surface area (Å²) in [6, 6.07) is 5.87. The smallest absolute Gasteiger partial charge is 0.344 e. The number of ether oxygens (including phenoxy) is 5. The van der Waals surface area contributed by atoms with E-state index in [4.69, 9.17) is 29.2 Å². The largest absolute Gasteiger partial charge is 0.503 e. The maximum absolute atomic E-state index is 13.7. The van der Waals surface area contributed by atoms with E-state index in [0.717, 1.165) is 4.47 Å². The van der Waals surface area contributed by atoms with Crippen LogP contribution in [-0.2, 0) is 9.47 Å². The third-order valence-corrected chi connectivity index (χ3v) is 8.03. The van der Waals surface area contributed by atoms with Crippen molar-refractivity contribution in [3.63, 3.8) is 0 Å². The van der Waals surface area contributed by atoms with Gasteiger partial charge in [0.05, 0.1) is 33.3 Å². The first-order valence-electron chi connectivity index (χ1n) is 14.7. The monoisotopic (exact) mass is 926 g/mol. The highest BCUT2D eigenvalue weighted by Crippen LogP contribution is 2.34. The van der Waals surface area contributed by atoms with Gasteiger partial charge in [-0.25, -0.2) is 35.9 Å². The SMILES string of the molecule is COCCOc1c(Br)ccc(C(=O)O)c1C.COCCOc1c(Br)ccc(C(=O)Oc2c(F)c(F)c(F)c(F)c2F)c1C.Oc1c(F)c(F)c(F)c(F)c1F. The van der Waals surface area contributed by atoms with Crippen LogP contribution in [0.25, 0.3) is 0 Å². The number of carbonyl (C=O) groups excluding carboxylic acids is 1. The van der Waals surface area contributed by atoms with Crippen LogP contribution < -0.4 is 14.2 Å². The van der Waals surface area contributed by atoms with Crippen molar-refractivity contribution in [1.82, 2.24) is 0 Å². The van der Waals surface area contributed by atoms with Crippen molar-refractivity contribution in [2.45, 2.75) is 13.8 Å². The number of carboxylic acids is 1. The van der Waals surface area contributed by atoms with Crippen molar-refractivity contribution in [1.29, 1.82) is 0 Å². The van der Waals surface area contributed by atoms with Crippen molar-refractivity contribution >= 4 is 43.8 Å². The fraction of sp³-hybridized carbons (Fsp3) is 0.235. The molecule has 0 amide bonds. The standard InChI is InChI=1S/C17H12BrF5O4.C11H13BrO4.C6HF5O/c1-7-8(3-4-9(18)15(7)26-6-5-25-2)17(24)27-16-13(22)11(20)10(19)12(21)14(16)23;1-7-8(11(13)14)3-4-9(12)10(7)16-6-5-15-2;7-1-2(8)4(10)6(12)5(11)3(1)9/h3-4H,5-6H2,1-2H3;3-4H,5-6H2,1-2H3,(H,13,14);12H. The molecule has 4 aromatic rings. The van der Waals surface area contributed by atoms with Crippen LogP contribution in [0.3, 0.4) is 0 Å². The first-order valence-corrected chi connectivity index (χ1v) is 16.3. The number of halogens is 12. The minimum atomic E-state index is -2.35. The summed E-state index contributed by atoms with van der Waals surface area (Å²) in [4.78, 5) is 23.2. The Bertz CT molecular complexity index is 1920. The Morgan fingerprint density at radius 2 is 0.891 bits per heavy atom. The predicted octanol–water partition coefficient (Wildman–Crippen LogP) is 9.27. The van der Waals surface area contributed by atoms with Gasteiger partial charge in [0, 0.05) is 25.3 Å². The summed E-state index contributed by atoms with van der Waals surface area (Å²) in [5, 5.41) is 17.3.